The van der Waals surface area contributed by atoms with Gasteiger partial charge in [-0.05, 0) is 55.7 Å². The van der Waals surface area contributed by atoms with Crippen LogP contribution in [0.4, 0.5) is 24.5 Å². The third-order valence-corrected chi connectivity index (χ3v) is 5.64. The Morgan fingerprint density at radius 1 is 1.00 bits per heavy atom. The van der Waals surface area contributed by atoms with E-state index in [-0.39, 0.29) is 24.7 Å². The van der Waals surface area contributed by atoms with E-state index in [0.29, 0.717) is 24.5 Å². The summed E-state index contributed by atoms with van der Waals surface area (Å²) >= 11 is 0. The van der Waals surface area contributed by atoms with Gasteiger partial charge in [0, 0.05) is 18.8 Å². The zero-order valence-corrected chi connectivity index (χ0v) is 17.4. The van der Waals surface area contributed by atoms with Gasteiger partial charge in [0.2, 0.25) is 5.91 Å². The second-order valence-corrected chi connectivity index (χ2v) is 7.96. The minimum Gasteiger partial charge on any atom is -0.477 e. The number of alkyl halides is 3. The largest absolute Gasteiger partial charge is 0.477 e. The normalized spacial score (nSPS) is 18.5. The molecule has 1 saturated heterocycles. The van der Waals surface area contributed by atoms with Crippen molar-refractivity contribution in [1.82, 2.24) is 4.90 Å². The molecular formula is C23H24F3N3O3. The number of likely N-dealkylation sites (tertiary alicyclic amines) is 1. The smallest absolute Gasteiger partial charge is 0.416 e. The maximum absolute atomic E-state index is 13.0. The second-order valence-electron chi connectivity index (χ2n) is 7.96. The van der Waals surface area contributed by atoms with Gasteiger partial charge in [0.15, 0.2) is 6.10 Å². The van der Waals surface area contributed by atoms with Crippen LogP contribution in [0.25, 0.3) is 0 Å². The van der Waals surface area contributed by atoms with E-state index in [2.05, 4.69) is 5.32 Å². The van der Waals surface area contributed by atoms with Gasteiger partial charge in [-0.3, -0.25) is 9.59 Å². The lowest BCUT2D eigenvalue weighted by Crippen LogP contribution is -2.52. The lowest BCUT2D eigenvalue weighted by Gasteiger charge is -2.38. The number of hydrogen-bond acceptors (Lipinski definition) is 4. The van der Waals surface area contributed by atoms with Gasteiger partial charge in [0.1, 0.15) is 5.75 Å². The summed E-state index contributed by atoms with van der Waals surface area (Å²) in [4.78, 5) is 29.2. The van der Waals surface area contributed by atoms with Gasteiger partial charge in [-0.15, -0.1) is 0 Å². The Labute approximate surface area is 183 Å². The molecule has 2 aliphatic rings. The molecule has 0 saturated carbocycles. The number of fused-ring (bicyclic) bond motifs is 1. The molecule has 0 radical (unpaired) electrons. The molecule has 1 N–H and O–H groups in total. The molecule has 1 fully saturated rings. The Morgan fingerprint density at radius 3 is 2.38 bits per heavy atom. The fourth-order valence-electron chi connectivity index (χ4n) is 4.02. The van der Waals surface area contributed by atoms with Crippen LogP contribution >= 0.6 is 0 Å². The third-order valence-electron chi connectivity index (χ3n) is 5.64. The van der Waals surface area contributed by atoms with E-state index in [4.69, 9.17) is 4.74 Å². The third kappa shape index (κ3) is 4.98. The lowest BCUT2D eigenvalue weighted by molar-refractivity contribution is -0.139. The van der Waals surface area contributed by atoms with Crippen molar-refractivity contribution < 1.29 is 27.5 Å². The molecule has 170 valence electrons. The highest BCUT2D eigenvalue weighted by atomic mass is 19.4. The van der Waals surface area contributed by atoms with Crippen molar-refractivity contribution >= 4 is 23.2 Å². The molecule has 2 aliphatic heterocycles. The first kappa shape index (κ1) is 22.0. The van der Waals surface area contributed by atoms with Crippen LogP contribution < -0.4 is 15.0 Å². The number of benzene rings is 2. The number of nitrogens with zero attached hydrogens (tertiary/aromatic N) is 2. The summed E-state index contributed by atoms with van der Waals surface area (Å²) in [5.74, 6) is 0.0365. The monoisotopic (exact) mass is 447 g/mol. The number of nitrogens with one attached hydrogen (secondary N) is 1. The molecule has 0 aromatic heterocycles. The number of carbonyl (C=O) groups excluding carboxylic acids is 2. The number of piperidine rings is 1. The fourth-order valence-corrected chi connectivity index (χ4v) is 4.02. The highest BCUT2D eigenvalue weighted by Crippen LogP contribution is 2.34. The summed E-state index contributed by atoms with van der Waals surface area (Å²) in [5.41, 5.74) is 0.180. The van der Waals surface area contributed by atoms with Crippen molar-refractivity contribution in [3.63, 3.8) is 0 Å². The molecule has 2 heterocycles. The van der Waals surface area contributed by atoms with Crippen LogP contribution in [0.3, 0.4) is 0 Å². The summed E-state index contributed by atoms with van der Waals surface area (Å²) in [5, 5.41) is 2.62. The van der Waals surface area contributed by atoms with E-state index in [1.54, 1.807) is 17.0 Å². The quantitative estimate of drug-likeness (QED) is 0.772. The second kappa shape index (κ2) is 9.10. The highest BCUT2D eigenvalue weighted by molar-refractivity contribution is 5.95. The number of ether oxygens (including phenoxy) is 1. The maximum Gasteiger partial charge on any atom is 0.416 e. The average molecular weight is 447 g/mol. The molecule has 9 heteroatoms. The van der Waals surface area contributed by atoms with E-state index < -0.39 is 23.8 Å². The summed E-state index contributed by atoms with van der Waals surface area (Å²) in [6.07, 6.45) is -2.12. The molecule has 1 atom stereocenters. The maximum atomic E-state index is 13.0. The standard InChI is InChI=1S/C23H24F3N3O3/c24-23(25,26)16-8-10-17(11-9-16)27-21(30)15-29-14-20(22(31)28-12-4-1-5-13-28)32-19-7-3-2-6-18(19)29/h2-3,6-11,20H,1,4-5,12-15H2,(H,27,30)/t20-/m1/s1. The van der Waals surface area contributed by atoms with Gasteiger partial charge in [-0.1, -0.05) is 12.1 Å². The van der Waals surface area contributed by atoms with Gasteiger partial charge in [-0.2, -0.15) is 13.2 Å². The van der Waals surface area contributed by atoms with Crippen molar-refractivity contribution in [3.05, 3.63) is 54.1 Å². The molecule has 2 amide bonds. The Hall–Kier alpha value is -3.23. The van der Waals surface area contributed by atoms with Crippen LogP contribution in [0.2, 0.25) is 0 Å². The number of rotatable bonds is 4. The molecule has 2 aromatic carbocycles. The predicted octanol–water partition coefficient (Wildman–Crippen LogP) is 3.92. The van der Waals surface area contributed by atoms with Gasteiger partial charge in [0.05, 0.1) is 24.3 Å². The molecule has 32 heavy (non-hydrogen) atoms. The first-order valence-electron chi connectivity index (χ1n) is 10.6. The zero-order valence-electron chi connectivity index (χ0n) is 17.4. The van der Waals surface area contributed by atoms with Gasteiger partial charge in [0.25, 0.3) is 5.91 Å². The van der Waals surface area contributed by atoms with Gasteiger partial charge in [-0.25, -0.2) is 0 Å². The van der Waals surface area contributed by atoms with Crippen molar-refractivity contribution in [2.45, 2.75) is 31.5 Å². The Bertz CT molecular complexity index is 972. The summed E-state index contributed by atoms with van der Waals surface area (Å²) in [6, 6.07) is 11.5. The molecule has 2 aromatic rings. The number of carbonyl (C=O) groups is 2. The lowest BCUT2D eigenvalue weighted by atomic mass is 10.1. The van der Waals surface area contributed by atoms with E-state index in [1.807, 2.05) is 17.0 Å². The average Bonchev–Trinajstić information content (AvgIpc) is 2.79. The minimum atomic E-state index is -4.43. The van der Waals surface area contributed by atoms with E-state index >= 15 is 0 Å². The molecule has 0 aliphatic carbocycles. The van der Waals surface area contributed by atoms with Crippen LogP contribution in [-0.4, -0.2) is 49.0 Å². The van der Waals surface area contributed by atoms with Gasteiger partial charge >= 0.3 is 6.18 Å². The fraction of sp³-hybridized carbons (Fsp3) is 0.391. The van der Waals surface area contributed by atoms with Crippen molar-refractivity contribution in [2.75, 3.05) is 36.4 Å². The van der Waals surface area contributed by atoms with Crippen LogP contribution in [0.15, 0.2) is 48.5 Å². The predicted molar refractivity (Wildman–Crippen MR) is 114 cm³/mol. The zero-order chi connectivity index (χ0) is 22.7. The molecular weight excluding hydrogens is 423 g/mol. The first-order chi connectivity index (χ1) is 15.3. The molecule has 0 bridgehead atoms. The summed E-state index contributed by atoms with van der Waals surface area (Å²) in [7, 11) is 0. The van der Waals surface area contributed by atoms with Crippen LogP contribution in [0, 0.1) is 0 Å². The van der Waals surface area contributed by atoms with Crippen molar-refractivity contribution in [1.29, 1.82) is 0 Å². The molecule has 0 unspecified atom stereocenters. The Kier molecular flexibility index (Phi) is 6.25. The Morgan fingerprint density at radius 2 is 1.69 bits per heavy atom. The van der Waals surface area contributed by atoms with Gasteiger partial charge < -0.3 is 19.9 Å². The molecule has 4 rings (SSSR count). The SMILES string of the molecule is O=C(CN1C[C@H](C(=O)N2CCCCC2)Oc2ccccc21)Nc1ccc(C(F)(F)F)cc1. The minimum absolute atomic E-state index is 0.0643. The summed E-state index contributed by atoms with van der Waals surface area (Å²) < 4.78 is 44.1. The number of halogens is 3. The van der Waals surface area contributed by atoms with Crippen molar-refractivity contribution in [2.24, 2.45) is 0 Å². The highest BCUT2D eigenvalue weighted by Gasteiger charge is 2.34. The molecule has 6 nitrogen and oxygen atoms in total. The molecule has 0 spiro atoms. The van der Waals surface area contributed by atoms with Crippen LogP contribution in [-0.2, 0) is 15.8 Å². The topological polar surface area (TPSA) is 61.9 Å². The number of hydrogen-bond donors (Lipinski definition) is 1. The van der Waals surface area contributed by atoms with Crippen LogP contribution in [0.5, 0.6) is 5.75 Å². The van der Waals surface area contributed by atoms with E-state index in [1.165, 1.54) is 12.1 Å². The summed E-state index contributed by atoms with van der Waals surface area (Å²) in [6.45, 7) is 1.56. The van der Waals surface area contributed by atoms with E-state index in [9.17, 15) is 22.8 Å². The first-order valence-corrected chi connectivity index (χ1v) is 10.6. The Balaban J connectivity index is 1.45. The van der Waals surface area contributed by atoms with Crippen molar-refractivity contribution in [3.8, 4) is 5.75 Å². The number of para-hydroxylation sites is 2. The van der Waals surface area contributed by atoms with Crippen LogP contribution in [0.1, 0.15) is 24.8 Å². The number of amides is 2. The number of anilines is 2. The van der Waals surface area contributed by atoms with E-state index in [0.717, 1.165) is 31.4 Å².